The lowest BCUT2D eigenvalue weighted by molar-refractivity contribution is -0.661. The molecule has 0 radical (unpaired) electrons. The van der Waals surface area contributed by atoms with E-state index in [9.17, 15) is 0 Å². The van der Waals surface area contributed by atoms with Gasteiger partial charge in [0.25, 0.3) is 0 Å². The molecule has 15 aromatic rings. The molecule has 0 unspecified atom stereocenters. The monoisotopic (exact) mass is 1130 g/mol. The minimum atomic E-state index is -0.118. The van der Waals surface area contributed by atoms with Crippen LogP contribution in [0.5, 0.6) is 0 Å². The second kappa shape index (κ2) is 18.1. The Morgan fingerprint density at radius 3 is 1.59 bits per heavy atom. The Hall–Kier alpha value is -9.39. The van der Waals surface area contributed by atoms with Gasteiger partial charge in [0.2, 0.25) is 17.1 Å². The van der Waals surface area contributed by atoms with Gasteiger partial charge in [0.1, 0.15) is 54.6 Å². The molecule has 426 valence electrons. The molecule has 0 aliphatic heterocycles. The van der Waals surface area contributed by atoms with Crippen LogP contribution in [0.4, 0.5) is 0 Å². The predicted octanol–water partition coefficient (Wildman–Crippen LogP) is 19.5. The second-order valence-electron chi connectivity index (χ2n) is 27.4. The van der Waals surface area contributed by atoms with E-state index in [4.69, 9.17) is 13.3 Å². The van der Waals surface area contributed by atoms with Gasteiger partial charge in [0, 0.05) is 101 Å². The molecular weight excluding hydrogens is 1060 g/mol. The topological polar surface area (TPSA) is 51.1 Å². The highest BCUT2D eigenvalue weighted by Crippen LogP contribution is 2.58. The molecule has 6 nitrogen and oxygen atoms in total. The lowest BCUT2D eigenvalue weighted by atomic mass is 9.55. The van der Waals surface area contributed by atoms with E-state index >= 15 is 0 Å². The summed E-state index contributed by atoms with van der Waals surface area (Å²) in [5, 5.41) is 15.4. The first kappa shape index (κ1) is 53.1. The van der Waals surface area contributed by atoms with E-state index in [-0.39, 0.29) is 21.7 Å². The van der Waals surface area contributed by atoms with E-state index < -0.39 is 0 Å². The lowest BCUT2D eigenvalue weighted by Crippen LogP contribution is -2.48. The van der Waals surface area contributed by atoms with Gasteiger partial charge in [-0.3, -0.25) is 0 Å². The molecule has 18 rings (SSSR count). The Labute approximate surface area is 507 Å². The van der Waals surface area contributed by atoms with Gasteiger partial charge in [0.05, 0.1) is 16.7 Å². The Morgan fingerprint density at radius 1 is 0.345 bits per heavy atom. The van der Waals surface area contributed by atoms with Crippen molar-refractivity contribution in [2.45, 2.75) is 97.8 Å². The van der Waals surface area contributed by atoms with E-state index in [0.717, 1.165) is 33.5 Å². The van der Waals surface area contributed by atoms with Crippen molar-refractivity contribution < 1.29 is 27.0 Å². The first-order valence-corrected chi connectivity index (χ1v) is 30.8. The zero-order chi connectivity index (χ0) is 60.1. The molecule has 0 N–H and O–H groups in total. The Bertz CT molecular complexity index is 5540. The highest BCUT2D eigenvalue weighted by atomic mass is 16.3. The number of aryl methyl sites for hydroxylation is 6. The number of pyridine rings is 3. The standard InChI is InChI=1S/C29H28NO.2C26H22NO/c1-17-16-20-24-19-11-8-7-10-18(19)13-14-22(24)31-27(20)25-23(17)26-21(12-9-15-30(26)6)28(2,3)29(25,4)5;1-15-17(20-10-5-6-13-27(20)4)14-19-23-24-21(28-25(15)23)12-11-16-8-7-9-18(22(16)24)26(19,2)3;1-15-14-20-24-23-19(28-20)12-11-16-8-7-9-17(22(16)23)26(2,3)25(24)21(15)18-10-5-6-13-27(18)4/h7-16H,1-6H3;2*5-14H,1-4H3/q3*+1. The molecule has 0 fully saturated rings. The van der Waals surface area contributed by atoms with Gasteiger partial charge >= 0.3 is 0 Å². The number of hydrogen-bond donors (Lipinski definition) is 0. The quantitative estimate of drug-likeness (QED) is 0.162. The van der Waals surface area contributed by atoms with Crippen LogP contribution in [0.25, 0.3) is 132 Å². The van der Waals surface area contributed by atoms with Crippen molar-refractivity contribution in [3.05, 3.63) is 232 Å². The molecule has 0 bridgehead atoms. The average Bonchev–Trinajstić information content (AvgIpc) is 1.70. The highest BCUT2D eigenvalue weighted by molar-refractivity contribution is 6.26. The maximum absolute atomic E-state index is 6.69. The van der Waals surface area contributed by atoms with Crippen LogP contribution < -0.4 is 13.7 Å². The normalized spacial score (nSPS) is 15.4. The third kappa shape index (κ3) is 7.07. The van der Waals surface area contributed by atoms with Crippen LogP contribution in [0.15, 0.2) is 196 Å². The number of fused-ring (bicyclic) bond motifs is 9. The minimum Gasteiger partial charge on any atom is -0.456 e. The summed E-state index contributed by atoms with van der Waals surface area (Å²) >= 11 is 0. The molecule has 0 spiro atoms. The molecule has 3 aliphatic rings. The van der Waals surface area contributed by atoms with Crippen molar-refractivity contribution >= 4 is 98.1 Å². The van der Waals surface area contributed by atoms with E-state index in [1.807, 2.05) is 0 Å². The summed E-state index contributed by atoms with van der Waals surface area (Å²) in [6.07, 6.45) is 6.39. The largest absolute Gasteiger partial charge is 0.456 e. The number of hydrogen-bond acceptors (Lipinski definition) is 3. The summed E-state index contributed by atoms with van der Waals surface area (Å²) in [5.41, 5.74) is 25.4. The van der Waals surface area contributed by atoms with Crippen molar-refractivity contribution in [1.82, 2.24) is 0 Å². The zero-order valence-corrected chi connectivity index (χ0v) is 52.4. The molecule has 0 saturated heterocycles. The Morgan fingerprint density at radius 2 is 0.897 bits per heavy atom. The maximum Gasteiger partial charge on any atom is 0.216 e. The van der Waals surface area contributed by atoms with Gasteiger partial charge in [-0.25, -0.2) is 13.7 Å². The van der Waals surface area contributed by atoms with Gasteiger partial charge in [-0.1, -0.05) is 134 Å². The zero-order valence-electron chi connectivity index (χ0n) is 52.4. The summed E-state index contributed by atoms with van der Waals surface area (Å²) in [4.78, 5) is 0. The van der Waals surface area contributed by atoms with Crippen LogP contribution >= 0.6 is 0 Å². The Balaban J connectivity index is 0.000000106. The first-order chi connectivity index (χ1) is 41.7. The summed E-state index contributed by atoms with van der Waals surface area (Å²) in [7, 11) is 6.39. The van der Waals surface area contributed by atoms with Crippen molar-refractivity contribution in [2.24, 2.45) is 21.1 Å². The predicted molar refractivity (Wildman–Crippen MR) is 358 cm³/mol. The van der Waals surface area contributed by atoms with E-state index in [1.165, 1.54) is 148 Å². The van der Waals surface area contributed by atoms with Crippen molar-refractivity contribution in [3.8, 4) is 33.8 Å². The molecule has 6 heteroatoms. The van der Waals surface area contributed by atoms with Gasteiger partial charge < -0.3 is 13.3 Å². The van der Waals surface area contributed by atoms with Crippen LogP contribution in [0.3, 0.4) is 0 Å². The summed E-state index contributed by atoms with van der Waals surface area (Å²) in [5.74, 6) is 0. The van der Waals surface area contributed by atoms with E-state index in [1.54, 1.807) is 0 Å². The average molecular weight is 1140 g/mol. The molecule has 9 aromatic carbocycles. The minimum absolute atomic E-state index is 0.0455. The first-order valence-electron chi connectivity index (χ1n) is 30.8. The highest BCUT2D eigenvalue weighted by Gasteiger charge is 2.51. The summed E-state index contributed by atoms with van der Waals surface area (Å²) in [6.45, 7) is 25.6. The molecule has 3 aliphatic carbocycles. The second-order valence-corrected chi connectivity index (χ2v) is 27.4. The molecular formula is C81H72N3O3+3. The van der Waals surface area contributed by atoms with Crippen LogP contribution in [0.1, 0.15) is 105 Å². The summed E-state index contributed by atoms with van der Waals surface area (Å²) < 4.78 is 26.2. The molecule has 0 atom stereocenters. The fourth-order valence-electron chi connectivity index (χ4n) is 16.3. The van der Waals surface area contributed by atoms with Gasteiger partial charge in [-0.2, -0.15) is 0 Å². The van der Waals surface area contributed by atoms with Crippen LogP contribution in [0.2, 0.25) is 0 Å². The number of nitrogens with zero attached hydrogens (tertiary/aromatic N) is 3. The number of rotatable bonds is 2. The Kier molecular flexibility index (Phi) is 11.0. The fraction of sp³-hybridized carbons (Fsp3) is 0.222. The third-order valence-electron chi connectivity index (χ3n) is 21.4. The molecule has 0 amide bonds. The van der Waals surface area contributed by atoms with Gasteiger partial charge in [-0.05, 0) is 141 Å². The smallest absolute Gasteiger partial charge is 0.216 e. The molecule has 0 saturated carbocycles. The van der Waals surface area contributed by atoms with Gasteiger partial charge in [0.15, 0.2) is 18.6 Å². The van der Waals surface area contributed by atoms with E-state index in [0.29, 0.717) is 0 Å². The van der Waals surface area contributed by atoms with Crippen LogP contribution in [-0.4, -0.2) is 0 Å². The molecule has 6 heterocycles. The van der Waals surface area contributed by atoms with Crippen molar-refractivity contribution in [3.63, 3.8) is 0 Å². The van der Waals surface area contributed by atoms with Crippen molar-refractivity contribution in [1.29, 1.82) is 0 Å². The fourth-order valence-corrected chi connectivity index (χ4v) is 16.3. The van der Waals surface area contributed by atoms with Crippen LogP contribution in [0, 0.1) is 20.8 Å². The summed E-state index contributed by atoms with van der Waals surface area (Å²) in [6, 6.07) is 59.2. The SMILES string of the molecule is Cc1c(-c2cccc[n+]2C)cc2c3c1oc1ccc4cccc(c4c13)C2(C)C.Cc1cc2c(oc3ccc4ccccc4c32)c2c1-c1c(ccc[n+]1C)C(C)(C)C2(C)C.Cc1cc2oc3ccc4cccc5c4c3c2c(c1-c1cccc[n+]1C)C5(C)C. The maximum atomic E-state index is 6.69. The van der Waals surface area contributed by atoms with E-state index in [2.05, 4.69) is 293 Å². The van der Waals surface area contributed by atoms with Gasteiger partial charge in [-0.15, -0.1) is 0 Å². The molecule has 6 aromatic heterocycles. The number of benzene rings is 9. The third-order valence-corrected chi connectivity index (χ3v) is 21.4. The molecule has 87 heavy (non-hydrogen) atoms. The lowest BCUT2D eigenvalue weighted by Gasteiger charge is -2.46. The van der Waals surface area contributed by atoms with Crippen LogP contribution in [-0.2, 0) is 42.8 Å². The van der Waals surface area contributed by atoms with Crippen molar-refractivity contribution in [2.75, 3.05) is 0 Å². The number of furan rings is 3. The number of aromatic nitrogens is 3.